The molecule has 86 valence electrons. The van der Waals surface area contributed by atoms with Gasteiger partial charge in [0.15, 0.2) is 0 Å². The van der Waals surface area contributed by atoms with Gasteiger partial charge in [0.05, 0.1) is 0 Å². The predicted octanol–water partition coefficient (Wildman–Crippen LogP) is 5.01. The van der Waals surface area contributed by atoms with Crippen LogP contribution in [-0.4, -0.2) is 16.1 Å². The summed E-state index contributed by atoms with van der Waals surface area (Å²) in [6.07, 6.45) is 1.41. The first kappa shape index (κ1) is 14.4. The maximum absolute atomic E-state index is 2.58. The highest BCUT2D eigenvalue weighted by atomic mass is 28.4. The highest BCUT2D eigenvalue weighted by Crippen LogP contribution is 2.30. The molecular formula is C12H30Si2. The van der Waals surface area contributed by atoms with E-state index >= 15 is 0 Å². The van der Waals surface area contributed by atoms with Crippen LogP contribution in [-0.2, 0) is 0 Å². The van der Waals surface area contributed by atoms with Gasteiger partial charge in [-0.1, -0.05) is 71.6 Å². The van der Waals surface area contributed by atoms with Gasteiger partial charge in [-0.15, -0.1) is 0 Å². The fraction of sp³-hybridized carbons (Fsp3) is 1.00. The molecule has 0 atom stereocenters. The Kier molecular flexibility index (Phi) is 4.66. The fourth-order valence-electron chi connectivity index (χ4n) is 2.24. The molecule has 0 rings (SSSR count). The molecule has 0 aromatic rings. The Morgan fingerprint density at radius 2 is 1.29 bits per heavy atom. The zero-order valence-electron chi connectivity index (χ0n) is 11.6. The fourth-order valence-corrected chi connectivity index (χ4v) is 15.9. The van der Waals surface area contributed by atoms with E-state index in [1.165, 1.54) is 12.5 Å². The van der Waals surface area contributed by atoms with Crippen LogP contribution in [0.25, 0.3) is 0 Å². The number of hydrogen-bond donors (Lipinski definition) is 0. The quantitative estimate of drug-likeness (QED) is 0.596. The highest BCUT2D eigenvalue weighted by Gasteiger charge is 2.29. The summed E-state index contributed by atoms with van der Waals surface area (Å²) in [5.74, 6) is 0. The Hall–Kier alpha value is 0.434. The lowest BCUT2D eigenvalue weighted by Gasteiger charge is -2.32. The monoisotopic (exact) mass is 230 g/mol. The lowest BCUT2D eigenvalue weighted by Crippen LogP contribution is -2.37. The molecule has 0 aliphatic rings. The lowest BCUT2D eigenvalue weighted by molar-refractivity contribution is 0.395. The molecule has 0 spiro atoms. The molecule has 0 radical (unpaired) electrons. The normalized spacial score (nSPS) is 14.6. The summed E-state index contributed by atoms with van der Waals surface area (Å²) in [5, 5.41) is 0. The van der Waals surface area contributed by atoms with Crippen LogP contribution in [0, 0.1) is 5.41 Å². The van der Waals surface area contributed by atoms with Gasteiger partial charge in [0, 0.05) is 16.1 Å². The minimum atomic E-state index is -0.887. The van der Waals surface area contributed by atoms with E-state index in [1.54, 1.807) is 5.67 Å². The Morgan fingerprint density at radius 1 is 0.857 bits per heavy atom. The SMILES string of the molecule is CC(C)(C)CC[Si](C)(C)C[Si](C)(C)C. The zero-order valence-corrected chi connectivity index (χ0v) is 13.6. The zero-order chi connectivity index (χ0) is 11.6. The van der Waals surface area contributed by atoms with Crippen LogP contribution < -0.4 is 0 Å². The lowest BCUT2D eigenvalue weighted by atomic mass is 9.94. The summed E-state index contributed by atoms with van der Waals surface area (Å²) >= 11 is 0. The summed E-state index contributed by atoms with van der Waals surface area (Å²) in [6, 6.07) is 1.51. The second-order valence-electron chi connectivity index (χ2n) is 7.96. The molecule has 0 unspecified atom stereocenters. The molecule has 0 heterocycles. The molecule has 0 aliphatic heterocycles. The molecule has 0 aromatic heterocycles. The van der Waals surface area contributed by atoms with E-state index in [0.717, 1.165) is 0 Å². The molecule has 0 aliphatic carbocycles. The van der Waals surface area contributed by atoms with Gasteiger partial charge in [0.2, 0.25) is 0 Å². The average Bonchev–Trinajstić information content (AvgIpc) is 1.76. The first-order chi connectivity index (χ1) is 5.91. The Labute approximate surface area is 93.5 Å². The summed E-state index contributed by atoms with van der Waals surface area (Å²) in [6.45, 7) is 19.8. The van der Waals surface area contributed by atoms with Gasteiger partial charge in [0.25, 0.3) is 0 Å². The molecule has 0 aromatic carbocycles. The van der Waals surface area contributed by atoms with E-state index in [0.29, 0.717) is 5.41 Å². The van der Waals surface area contributed by atoms with Crippen molar-refractivity contribution < 1.29 is 0 Å². The Bertz CT molecular complexity index is 170. The molecule has 14 heavy (non-hydrogen) atoms. The minimum absolute atomic E-state index is 0.531. The van der Waals surface area contributed by atoms with E-state index in [2.05, 4.69) is 53.5 Å². The molecular weight excluding hydrogens is 200 g/mol. The van der Waals surface area contributed by atoms with Crippen molar-refractivity contribution in [2.75, 3.05) is 0 Å². The van der Waals surface area contributed by atoms with E-state index in [1.807, 2.05) is 0 Å². The van der Waals surface area contributed by atoms with Crippen molar-refractivity contribution >= 4 is 16.1 Å². The van der Waals surface area contributed by atoms with Crippen LogP contribution in [0.3, 0.4) is 0 Å². The molecule has 0 bridgehead atoms. The van der Waals surface area contributed by atoms with Crippen molar-refractivity contribution in [3.05, 3.63) is 0 Å². The van der Waals surface area contributed by atoms with Gasteiger partial charge in [-0.3, -0.25) is 0 Å². The molecule has 0 saturated heterocycles. The molecule has 0 saturated carbocycles. The smallest absolute Gasteiger partial charge is 0.0447 e. The van der Waals surface area contributed by atoms with Crippen molar-refractivity contribution in [3.8, 4) is 0 Å². The van der Waals surface area contributed by atoms with E-state index in [4.69, 9.17) is 0 Å². The first-order valence-electron chi connectivity index (χ1n) is 5.91. The van der Waals surface area contributed by atoms with Crippen LogP contribution in [0.15, 0.2) is 0 Å². The predicted molar refractivity (Wildman–Crippen MR) is 74.5 cm³/mol. The summed E-state index contributed by atoms with van der Waals surface area (Å²) < 4.78 is 0. The third-order valence-corrected chi connectivity index (χ3v) is 12.2. The Balaban J connectivity index is 4.09. The second-order valence-corrected chi connectivity index (χ2v) is 19.3. The largest absolute Gasteiger partial charge is 0.0698 e. The average molecular weight is 231 g/mol. The topological polar surface area (TPSA) is 0 Å². The highest BCUT2D eigenvalue weighted by molar-refractivity contribution is 6.94. The van der Waals surface area contributed by atoms with Crippen molar-refractivity contribution in [1.29, 1.82) is 0 Å². The third kappa shape index (κ3) is 9.01. The van der Waals surface area contributed by atoms with Crippen molar-refractivity contribution in [2.24, 2.45) is 5.41 Å². The molecule has 0 nitrogen and oxygen atoms in total. The van der Waals surface area contributed by atoms with Crippen LogP contribution >= 0.6 is 0 Å². The van der Waals surface area contributed by atoms with E-state index < -0.39 is 16.1 Å². The van der Waals surface area contributed by atoms with Gasteiger partial charge >= 0.3 is 0 Å². The van der Waals surface area contributed by atoms with Gasteiger partial charge < -0.3 is 0 Å². The van der Waals surface area contributed by atoms with Gasteiger partial charge in [-0.2, -0.15) is 0 Å². The number of hydrogen-bond acceptors (Lipinski definition) is 0. The summed E-state index contributed by atoms with van der Waals surface area (Å²) in [4.78, 5) is 0. The van der Waals surface area contributed by atoms with E-state index in [9.17, 15) is 0 Å². The summed E-state index contributed by atoms with van der Waals surface area (Å²) in [5.41, 5.74) is 2.12. The molecule has 0 N–H and O–H groups in total. The van der Waals surface area contributed by atoms with Crippen LogP contribution in [0.4, 0.5) is 0 Å². The maximum atomic E-state index is 2.58. The maximum Gasteiger partial charge on any atom is 0.0447 e. The van der Waals surface area contributed by atoms with Gasteiger partial charge in [-0.25, -0.2) is 0 Å². The molecule has 0 fully saturated rings. The minimum Gasteiger partial charge on any atom is -0.0698 e. The van der Waals surface area contributed by atoms with Crippen molar-refractivity contribution in [3.63, 3.8) is 0 Å². The standard InChI is InChI=1S/C12H30Si2/c1-12(2,3)9-10-14(7,8)11-13(4,5)6/h9-11H2,1-8H3. The molecule has 0 amide bonds. The second kappa shape index (κ2) is 4.52. The van der Waals surface area contributed by atoms with Gasteiger partial charge in [0.1, 0.15) is 0 Å². The number of rotatable bonds is 4. The van der Waals surface area contributed by atoms with Crippen molar-refractivity contribution in [1.82, 2.24) is 0 Å². The third-order valence-electron chi connectivity index (χ3n) is 2.56. The van der Waals surface area contributed by atoms with Crippen molar-refractivity contribution in [2.45, 2.75) is 71.6 Å². The van der Waals surface area contributed by atoms with Gasteiger partial charge in [-0.05, 0) is 5.41 Å². The Morgan fingerprint density at radius 3 is 1.57 bits per heavy atom. The van der Waals surface area contributed by atoms with Crippen LogP contribution in [0.1, 0.15) is 27.2 Å². The molecule has 2 heteroatoms. The first-order valence-corrected chi connectivity index (χ1v) is 13.0. The van der Waals surface area contributed by atoms with Crippen LogP contribution in [0.2, 0.25) is 44.4 Å². The van der Waals surface area contributed by atoms with Crippen LogP contribution in [0.5, 0.6) is 0 Å². The summed E-state index contributed by atoms with van der Waals surface area (Å²) in [7, 11) is -1.71. The van der Waals surface area contributed by atoms with E-state index in [-0.39, 0.29) is 0 Å².